The summed E-state index contributed by atoms with van der Waals surface area (Å²) >= 11 is 0. The van der Waals surface area contributed by atoms with Crippen molar-refractivity contribution in [2.75, 3.05) is 13.7 Å². The normalized spacial score (nSPS) is 17.8. The highest BCUT2D eigenvalue weighted by Gasteiger charge is 2.24. The molecule has 20 heavy (non-hydrogen) atoms. The molecule has 0 aliphatic carbocycles. The molecule has 5 heteroatoms. The molecule has 0 fully saturated rings. The van der Waals surface area contributed by atoms with E-state index in [1.54, 1.807) is 7.11 Å². The Bertz CT molecular complexity index is 576. The Hall–Kier alpha value is -1.88. The van der Waals surface area contributed by atoms with Crippen LogP contribution >= 0.6 is 0 Å². The van der Waals surface area contributed by atoms with Gasteiger partial charge in [0, 0.05) is 18.7 Å². The van der Waals surface area contributed by atoms with Crippen LogP contribution in [0.4, 0.5) is 0 Å². The van der Waals surface area contributed by atoms with Crippen LogP contribution in [0.3, 0.4) is 0 Å². The van der Waals surface area contributed by atoms with Gasteiger partial charge in [-0.25, -0.2) is 0 Å². The molecule has 106 valence electrons. The quantitative estimate of drug-likeness (QED) is 0.928. The number of ether oxygens (including phenoxy) is 1. The van der Waals surface area contributed by atoms with E-state index in [1.807, 2.05) is 24.3 Å². The van der Waals surface area contributed by atoms with Crippen LogP contribution in [0.15, 0.2) is 24.3 Å². The van der Waals surface area contributed by atoms with Crippen LogP contribution in [0.1, 0.15) is 31.6 Å². The second kappa shape index (κ2) is 5.63. The van der Waals surface area contributed by atoms with Gasteiger partial charge in [-0.1, -0.05) is 13.3 Å². The predicted octanol–water partition coefficient (Wildman–Crippen LogP) is 2.40. The maximum Gasteiger partial charge on any atom is 0.164 e. The van der Waals surface area contributed by atoms with Crippen molar-refractivity contribution in [3.63, 3.8) is 0 Å². The van der Waals surface area contributed by atoms with E-state index in [0.29, 0.717) is 6.04 Å². The first-order valence-electron chi connectivity index (χ1n) is 7.14. The number of aromatic nitrogens is 3. The fourth-order valence-electron chi connectivity index (χ4n) is 2.71. The van der Waals surface area contributed by atoms with Crippen LogP contribution in [0, 0.1) is 0 Å². The number of rotatable bonds is 4. The first-order valence-corrected chi connectivity index (χ1v) is 7.14. The third-order valence-electron chi connectivity index (χ3n) is 3.74. The molecule has 0 saturated carbocycles. The van der Waals surface area contributed by atoms with Gasteiger partial charge in [-0.05, 0) is 30.7 Å². The van der Waals surface area contributed by atoms with E-state index in [2.05, 4.69) is 27.0 Å². The van der Waals surface area contributed by atoms with Crippen molar-refractivity contribution in [3.05, 3.63) is 30.1 Å². The number of methoxy groups -OCH3 is 1. The molecule has 2 heterocycles. The number of hydrogen-bond acceptors (Lipinski definition) is 4. The Morgan fingerprint density at radius 2 is 2.10 bits per heavy atom. The van der Waals surface area contributed by atoms with Gasteiger partial charge in [0.05, 0.1) is 13.2 Å². The molecule has 1 N–H and O–H groups in total. The van der Waals surface area contributed by atoms with Gasteiger partial charge in [0.2, 0.25) is 0 Å². The Balaban J connectivity index is 1.94. The Kier molecular flexibility index (Phi) is 3.69. The summed E-state index contributed by atoms with van der Waals surface area (Å²) in [6, 6.07) is 8.32. The second-order valence-electron chi connectivity index (χ2n) is 5.06. The molecule has 5 nitrogen and oxygen atoms in total. The molecule has 1 aromatic heterocycles. The van der Waals surface area contributed by atoms with E-state index in [0.717, 1.165) is 48.9 Å². The van der Waals surface area contributed by atoms with Gasteiger partial charge in [0.1, 0.15) is 5.75 Å². The van der Waals surface area contributed by atoms with Crippen LogP contribution in [0.25, 0.3) is 11.4 Å². The van der Waals surface area contributed by atoms with E-state index in [1.165, 1.54) is 0 Å². The minimum atomic E-state index is 0.327. The van der Waals surface area contributed by atoms with Crippen LogP contribution < -0.4 is 10.1 Å². The third-order valence-corrected chi connectivity index (χ3v) is 3.74. The Labute approximate surface area is 119 Å². The van der Waals surface area contributed by atoms with Crippen molar-refractivity contribution in [2.45, 2.75) is 32.4 Å². The molecule has 1 aromatic carbocycles. The zero-order chi connectivity index (χ0) is 13.9. The first-order chi connectivity index (χ1) is 9.83. The molecule has 0 amide bonds. The van der Waals surface area contributed by atoms with Crippen molar-refractivity contribution in [2.24, 2.45) is 0 Å². The maximum absolute atomic E-state index is 5.20. The second-order valence-corrected chi connectivity index (χ2v) is 5.06. The lowest BCUT2D eigenvalue weighted by Crippen LogP contribution is -2.33. The summed E-state index contributed by atoms with van der Waals surface area (Å²) in [5, 5.41) is 12.3. The molecule has 0 saturated heterocycles. The van der Waals surface area contributed by atoms with Gasteiger partial charge in [-0.3, -0.25) is 0 Å². The van der Waals surface area contributed by atoms with Gasteiger partial charge in [-0.2, -0.15) is 0 Å². The lowest BCUT2D eigenvalue weighted by Gasteiger charge is -2.24. The van der Waals surface area contributed by atoms with Crippen molar-refractivity contribution in [3.8, 4) is 17.1 Å². The monoisotopic (exact) mass is 272 g/mol. The molecule has 1 atom stereocenters. The van der Waals surface area contributed by atoms with Gasteiger partial charge in [0.15, 0.2) is 11.6 Å². The number of hydrogen-bond donors (Lipinski definition) is 1. The van der Waals surface area contributed by atoms with Crippen LogP contribution in [0.5, 0.6) is 5.75 Å². The summed E-state index contributed by atoms with van der Waals surface area (Å²) < 4.78 is 7.43. The molecule has 1 unspecified atom stereocenters. The Morgan fingerprint density at radius 1 is 1.30 bits per heavy atom. The van der Waals surface area contributed by atoms with Gasteiger partial charge >= 0.3 is 0 Å². The number of nitrogens with zero attached hydrogens (tertiary/aromatic N) is 3. The SMILES string of the molecule is CCCC1NCCn2c(-c3ccc(OC)cc3)nnc21. The average Bonchev–Trinajstić information content (AvgIpc) is 2.93. The lowest BCUT2D eigenvalue weighted by atomic mass is 10.1. The summed E-state index contributed by atoms with van der Waals surface area (Å²) in [5.74, 6) is 2.87. The third kappa shape index (κ3) is 2.29. The highest BCUT2D eigenvalue weighted by molar-refractivity contribution is 5.57. The first kappa shape index (κ1) is 13.1. The summed E-state index contributed by atoms with van der Waals surface area (Å²) in [4.78, 5) is 0. The molecule has 3 rings (SSSR count). The fraction of sp³-hybridized carbons (Fsp3) is 0.467. The molecule has 0 bridgehead atoms. The average molecular weight is 272 g/mol. The molecular formula is C15H20N4O. The number of benzene rings is 1. The topological polar surface area (TPSA) is 52.0 Å². The summed E-state index contributed by atoms with van der Waals surface area (Å²) in [6.07, 6.45) is 2.24. The van der Waals surface area contributed by atoms with Crippen molar-refractivity contribution in [1.29, 1.82) is 0 Å². The lowest BCUT2D eigenvalue weighted by molar-refractivity contribution is 0.394. The molecule has 0 spiro atoms. The van der Waals surface area contributed by atoms with E-state index in [9.17, 15) is 0 Å². The molecule has 2 aromatic rings. The summed E-state index contributed by atoms with van der Waals surface area (Å²) in [7, 11) is 1.68. The minimum absolute atomic E-state index is 0.327. The number of nitrogens with one attached hydrogen (secondary N) is 1. The van der Waals surface area contributed by atoms with Gasteiger partial charge in [0.25, 0.3) is 0 Å². The minimum Gasteiger partial charge on any atom is -0.497 e. The molecule has 0 radical (unpaired) electrons. The zero-order valence-electron chi connectivity index (χ0n) is 12.0. The van der Waals surface area contributed by atoms with Crippen LogP contribution in [0.2, 0.25) is 0 Å². The predicted molar refractivity (Wildman–Crippen MR) is 77.7 cm³/mol. The molecule has 1 aliphatic rings. The Morgan fingerprint density at radius 3 is 2.80 bits per heavy atom. The van der Waals surface area contributed by atoms with E-state index in [4.69, 9.17) is 4.74 Å². The van der Waals surface area contributed by atoms with Crippen LogP contribution in [-0.4, -0.2) is 28.4 Å². The van der Waals surface area contributed by atoms with Crippen molar-refractivity contribution in [1.82, 2.24) is 20.1 Å². The summed E-state index contributed by atoms with van der Waals surface area (Å²) in [5.41, 5.74) is 1.08. The standard InChI is InChI=1S/C15H20N4O/c1-3-4-13-15-18-17-14(19(15)10-9-16-13)11-5-7-12(20-2)8-6-11/h5-8,13,16H,3-4,9-10H2,1-2H3. The molecule has 1 aliphatic heterocycles. The highest BCUT2D eigenvalue weighted by Crippen LogP contribution is 2.27. The smallest absolute Gasteiger partial charge is 0.164 e. The maximum atomic E-state index is 5.20. The number of fused-ring (bicyclic) bond motifs is 1. The fourth-order valence-corrected chi connectivity index (χ4v) is 2.71. The summed E-state index contributed by atoms with van der Waals surface area (Å²) in [6.45, 7) is 4.09. The van der Waals surface area contributed by atoms with Gasteiger partial charge < -0.3 is 14.6 Å². The van der Waals surface area contributed by atoms with E-state index in [-0.39, 0.29) is 0 Å². The van der Waals surface area contributed by atoms with Crippen molar-refractivity contribution >= 4 is 0 Å². The highest BCUT2D eigenvalue weighted by atomic mass is 16.5. The van der Waals surface area contributed by atoms with E-state index >= 15 is 0 Å². The largest absolute Gasteiger partial charge is 0.497 e. The zero-order valence-corrected chi connectivity index (χ0v) is 12.0. The van der Waals surface area contributed by atoms with Crippen molar-refractivity contribution < 1.29 is 4.74 Å². The van der Waals surface area contributed by atoms with E-state index < -0.39 is 0 Å². The van der Waals surface area contributed by atoms with Crippen LogP contribution in [-0.2, 0) is 6.54 Å². The molecular weight excluding hydrogens is 252 g/mol. The van der Waals surface area contributed by atoms with Gasteiger partial charge in [-0.15, -0.1) is 10.2 Å².